The Labute approximate surface area is 158 Å². The average molecular weight is 361 g/mol. The minimum Gasteiger partial charge on any atom is -0.331 e. The van der Waals surface area contributed by atoms with Gasteiger partial charge < -0.3 is 5.32 Å². The first-order chi connectivity index (χ1) is 12.6. The Morgan fingerprint density at radius 2 is 1.50 bits per heavy atom. The van der Waals surface area contributed by atoms with Gasteiger partial charge in [-0.1, -0.05) is 54.6 Å². The number of carbonyl (C=O) groups is 1. The van der Waals surface area contributed by atoms with E-state index in [1.807, 2.05) is 73.7 Å². The van der Waals surface area contributed by atoms with Crippen molar-refractivity contribution in [3.05, 3.63) is 90.0 Å². The third kappa shape index (κ3) is 4.68. The number of rotatable bonds is 3. The van der Waals surface area contributed by atoms with E-state index in [-0.39, 0.29) is 5.91 Å². The van der Waals surface area contributed by atoms with Crippen molar-refractivity contribution in [1.82, 2.24) is 10.9 Å². The summed E-state index contributed by atoms with van der Waals surface area (Å²) >= 11 is 5.20. The van der Waals surface area contributed by atoms with Gasteiger partial charge >= 0.3 is 0 Å². The van der Waals surface area contributed by atoms with Crippen molar-refractivity contribution < 1.29 is 4.79 Å². The van der Waals surface area contributed by atoms with Gasteiger partial charge in [0.05, 0.1) is 0 Å². The van der Waals surface area contributed by atoms with E-state index in [4.69, 9.17) is 12.2 Å². The lowest BCUT2D eigenvalue weighted by molar-refractivity contribution is 0.0944. The summed E-state index contributed by atoms with van der Waals surface area (Å²) in [6.07, 6.45) is 0. The zero-order valence-electron chi connectivity index (χ0n) is 14.3. The number of hydrogen-bond acceptors (Lipinski definition) is 2. The number of aryl methyl sites for hydroxylation is 1. The molecular weight excluding hydrogens is 342 g/mol. The molecule has 0 aromatic heterocycles. The monoisotopic (exact) mass is 361 g/mol. The summed E-state index contributed by atoms with van der Waals surface area (Å²) < 4.78 is 0. The molecule has 130 valence electrons. The number of hydrazine groups is 1. The van der Waals surface area contributed by atoms with Gasteiger partial charge in [-0.25, -0.2) is 0 Å². The Morgan fingerprint density at radius 3 is 2.19 bits per heavy atom. The number of hydrogen-bond donors (Lipinski definition) is 3. The highest BCUT2D eigenvalue weighted by atomic mass is 32.1. The van der Waals surface area contributed by atoms with Gasteiger partial charge in [-0.15, -0.1) is 0 Å². The van der Waals surface area contributed by atoms with E-state index in [9.17, 15) is 4.79 Å². The van der Waals surface area contributed by atoms with Gasteiger partial charge in [0.2, 0.25) is 0 Å². The molecule has 3 aromatic carbocycles. The molecule has 0 aliphatic rings. The van der Waals surface area contributed by atoms with Crippen molar-refractivity contribution in [1.29, 1.82) is 0 Å². The number of benzene rings is 3. The Balaban J connectivity index is 1.55. The third-order valence-corrected chi connectivity index (χ3v) is 4.02. The molecule has 1 amide bonds. The molecule has 0 fully saturated rings. The lowest BCUT2D eigenvalue weighted by Crippen LogP contribution is -2.43. The van der Waals surface area contributed by atoms with Crippen LogP contribution < -0.4 is 16.2 Å². The van der Waals surface area contributed by atoms with Crippen LogP contribution in [0, 0.1) is 6.92 Å². The van der Waals surface area contributed by atoms with Gasteiger partial charge in [-0.05, 0) is 60.1 Å². The van der Waals surface area contributed by atoms with Gasteiger partial charge in [0.25, 0.3) is 5.91 Å². The quantitative estimate of drug-likeness (QED) is 0.481. The molecule has 0 unspecified atom stereocenters. The van der Waals surface area contributed by atoms with Crippen LogP contribution in [0.2, 0.25) is 0 Å². The zero-order chi connectivity index (χ0) is 18.4. The fourth-order valence-electron chi connectivity index (χ4n) is 2.52. The number of anilines is 1. The summed E-state index contributed by atoms with van der Waals surface area (Å²) in [7, 11) is 0. The Bertz CT molecular complexity index is 908. The van der Waals surface area contributed by atoms with Crippen LogP contribution in [0.25, 0.3) is 11.1 Å². The van der Waals surface area contributed by atoms with Crippen molar-refractivity contribution in [2.75, 3.05) is 5.32 Å². The summed E-state index contributed by atoms with van der Waals surface area (Å²) in [5.74, 6) is -0.252. The van der Waals surface area contributed by atoms with Crippen LogP contribution in [0.4, 0.5) is 5.69 Å². The molecule has 3 N–H and O–H groups in total. The van der Waals surface area contributed by atoms with Gasteiger partial charge in [-0.3, -0.25) is 15.6 Å². The van der Waals surface area contributed by atoms with Crippen LogP contribution in [0.5, 0.6) is 0 Å². The highest BCUT2D eigenvalue weighted by molar-refractivity contribution is 7.80. The molecule has 0 saturated heterocycles. The molecule has 0 bridgehead atoms. The largest absolute Gasteiger partial charge is 0.331 e. The van der Waals surface area contributed by atoms with Crippen LogP contribution >= 0.6 is 12.2 Å². The fourth-order valence-corrected chi connectivity index (χ4v) is 2.68. The first-order valence-electron chi connectivity index (χ1n) is 8.21. The van der Waals surface area contributed by atoms with Crippen LogP contribution in [0.1, 0.15) is 15.9 Å². The predicted octanol–water partition coefficient (Wildman–Crippen LogP) is 4.29. The molecule has 3 rings (SSSR count). The summed E-state index contributed by atoms with van der Waals surface area (Å²) in [6.45, 7) is 2.00. The van der Waals surface area contributed by atoms with Crippen LogP contribution in [0.3, 0.4) is 0 Å². The van der Waals surface area contributed by atoms with E-state index >= 15 is 0 Å². The average Bonchev–Trinajstić information content (AvgIpc) is 2.67. The molecule has 26 heavy (non-hydrogen) atoms. The minimum atomic E-state index is -0.252. The molecule has 0 aliphatic heterocycles. The molecule has 5 heteroatoms. The smallest absolute Gasteiger partial charge is 0.269 e. The van der Waals surface area contributed by atoms with E-state index in [0.29, 0.717) is 10.7 Å². The Kier molecular flexibility index (Phi) is 5.61. The number of amides is 1. The van der Waals surface area contributed by atoms with E-state index in [1.165, 1.54) is 0 Å². The van der Waals surface area contributed by atoms with Crippen LogP contribution in [-0.2, 0) is 0 Å². The number of carbonyl (C=O) groups excluding carboxylic acids is 1. The van der Waals surface area contributed by atoms with Crippen molar-refractivity contribution in [2.45, 2.75) is 6.92 Å². The van der Waals surface area contributed by atoms with Crippen LogP contribution in [-0.4, -0.2) is 11.0 Å². The van der Waals surface area contributed by atoms with Crippen LogP contribution in [0.15, 0.2) is 78.9 Å². The van der Waals surface area contributed by atoms with Crippen molar-refractivity contribution in [2.24, 2.45) is 0 Å². The van der Waals surface area contributed by atoms with E-state index in [2.05, 4.69) is 16.2 Å². The highest BCUT2D eigenvalue weighted by Crippen LogP contribution is 2.19. The maximum atomic E-state index is 12.2. The molecule has 3 aromatic rings. The normalized spacial score (nSPS) is 10.0. The van der Waals surface area contributed by atoms with Crippen molar-refractivity contribution in [3.8, 4) is 11.1 Å². The summed E-state index contributed by atoms with van der Waals surface area (Å²) in [5.41, 5.74) is 10.0. The van der Waals surface area contributed by atoms with E-state index in [1.54, 1.807) is 12.1 Å². The van der Waals surface area contributed by atoms with E-state index < -0.39 is 0 Å². The first kappa shape index (κ1) is 17.6. The van der Waals surface area contributed by atoms with Gasteiger partial charge in [0.1, 0.15) is 0 Å². The topological polar surface area (TPSA) is 53.2 Å². The molecule has 4 nitrogen and oxygen atoms in total. The molecule has 0 aliphatic carbocycles. The van der Waals surface area contributed by atoms with Gasteiger partial charge in [0, 0.05) is 11.3 Å². The second-order valence-corrected chi connectivity index (χ2v) is 6.25. The Hall–Kier alpha value is -3.18. The number of nitrogens with one attached hydrogen (secondary N) is 3. The lowest BCUT2D eigenvalue weighted by Gasteiger charge is -2.12. The maximum Gasteiger partial charge on any atom is 0.269 e. The van der Waals surface area contributed by atoms with Crippen molar-refractivity contribution in [3.63, 3.8) is 0 Å². The van der Waals surface area contributed by atoms with Gasteiger partial charge in [0.15, 0.2) is 5.11 Å². The molecule has 0 heterocycles. The molecule has 0 atom stereocenters. The van der Waals surface area contributed by atoms with E-state index in [0.717, 1.165) is 22.4 Å². The summed E-state index contributed by atoms with van der Waals surface area (Å²) in [4.78, 5) is 12.2. The molecular formula is C21H19N3OS. The highest BCUT2D eigenvalue weighted by Gasteiger charge is 2.06. The zero-order valence-corrected chi connectivity index (χ0v) is 15.1. The second kappa shape index (κ2) is 8.27. The SMILES string of the molecule is Cc1cccc(NC(=S)NNC(=O)c2ccc(-c3ccccc3)cc2)c1. The minimum absolute atomic E-state index is 0.252. The van der Waals surface area contributed by atoms with Crippen molar-refractivity contribution >= 4 is 28.9 Å². The predicted molar refractivity (Wildman–Crippen MR) is 110 cm³/mol. The number of thiocarbonyl (C=S) groups is 1. The summed E-state index contributed by atoms with van der Waals surface area (Å²) in [5, 5.41) is 3.35. The molecule has 0 radical (unpaired) electrons. The molecule has 0 spiro atoms. The maximum absolute atomic E-state index is 12.2. The Morgan fingerprint density at radius 1 is 0.808 bits per heavy atom. The second-order valence-electron chi connectivity index (χ2n) is 5.85. The van der Waals surface area contributed by atoms with Gasteiger partial charge in [-0.2, -0.15) is 0 Å². The molecule has 0 saturated carbocycles. The fraction of sp³-hybridized carbons (Fsp3) is 0.0476. The first-order valence-corrected chi connectivity index (χ1v) is 8.62. The summed E-state index contributed by atoms with van der Waals surface area (Å²) in [6, 6.07) is 25.3. The standard InChI is InChI=1S/C21H19N3OS/c1-15-6-5-9-19(14-15)22-21(26)24-23-20(25)18-12-10-17(11-13-18)16-7-3-2-4-8-16/h2-14H,1H3,(H,23,25)(H2,22,24,26). The lowest BCUT2D eigenvalue weighted by atomic mass is 10.0. The third-order valence-electron chi connectivity index (χ3n) is 3.82.